The lowest BCUT2D eigenvalue weighted by Gasteiger charge is -2.32. The molecule has 4 rings (SSSR count). The van der Waals surface area contributed by atoms with Crippen molar-refractivity contribution in [3.63, 3.8) is 0 Å². The van der Waals surface area contributed by atoms with E-state index in [2.05, 4.69) is 4.90 Å². The lowest BCUT2D eigenvalue weighted by Crippen LogP contribution is -2.47. The second-order valence-electron chi connectivity index (χ2n) is 11.2. The SMILES string of the molecule is CC(C)c1c(S(=O)(=O)N2CCN(C)CC2)c(-c2ccccc2)c(-c2ccc(F)cc2)n1CC[C@@H](O)C[C@@H](O)CC(=O)[O-]. The van der Waals surface area contributed by atoms with Gasteiger partial charge < -0.3 is 29.6 Å². The van der Waals surface area contributed by atoms with Gasteiger partial charge in [-0.05, 0) is 61.2 Å². The maximum absolute atomic E-state index is 14.5. The van der Waals surface area contributed by atoms with E-state index in [9.17, 15) is 32.9 Å². The molecule has 42 heavy (non-hydrogen) atoms. The van der Waals surface area contributed by atoms with E-state index in [4.69, 9.17) is 0 Å². The molecule has 1 aliphatic rings. The third-order valence-electron chi connectivity index (χ3n) is 7.68. The third kappa shape index (κ3) is 7.09. The lowest BCUT2D eigenvalue weighted by molar-refractivity contribution is -0.307. The van der Waals surface area contributed by atoms with Crippen molar-refractivity contribution in [2.24, 2.45) is 0 Å². The molecule has 0 saturated carbocycles. The van der Waals surface area contributed by atoms with Gasteiger partial charge in [-0.2, -0.15) is 4.31 Å². The van der Waals surface area contributed by atoms with Crippen LogP contribution in [0.5, 0.6) is 0 Å². The molecule has 0 radical (unpaired) electrons. The number of aliphatic hydroxyl groups excluding tert-OH is 2. The van der Waals surface area contributed by atoms with Crippen molar-refractivity contribution in [3.8, 4) is 22.4 Å². The van der Waals surface area contributed by atoms with Crippen LogP contribution in [-0.2, 0) is 21.4 Å². The fraction of sp³-hybridized carbons (Fsp3) is 0.452. The quantitative estimate of drug-likeness (QED) is 0.327. The first-order chi connectivity index (χ1) is 19.9. The number of hydrogen-bond acceptors (Lipinski definition) is 7. The number of piperazine rings is 1. The molecule has 0 unspecified atom stereocenters. The number of benzene rings is 2. The Morgan fingerprint density at radius 2 is 1.57 bits per heavy atom. The predicted molar refractivity (Wildman–Crippen MR) is 156 cm³/mol. The van der Waals surface area contributed by atoms with Crippen molar-refractivity contribution in [1.82, 2.24) is 13.8 Å². The molecule has 1 fully saturated rings. The molecule has 1 aromatic heterocycles. The Hall–Kier alpha value is -3.09. The summed E-state index contributed by atoms with van der Waals surface area (Å²) in [6, 6.07) is 15.1. The Kier molecular flexibility index (Phi) is 10.2. The van der Waals surface area contributed by atoms with Crippen molar-refractivity contribution in [2.45, 2.75) is 62.7 Å². The maximum Gasteiger partial charge on any atom is 0.245 e. The molecule has 1 aliphatic heterocycles. The van der Waals surface area contributed by atoms with Gasteiger partial charge in [0.25, 0.3) is 0 Å². The van der Waals surface area contributed by atoms with Crippen LogP contribution in [0, 0.1) is 5.82 Å². The summed E-state index contributed by atoms with van der Waals surface area (Å²) < 4.78 is 46.5. The molecular formula is C31H39FN3O6S-. The van der Waals surface area contributed by atoms with E-state index in [-0.39, 0.29) is 30.2 Å². The molecule has 9 nitrogen and oxygen atoms in total. The summed E-state index contributed by atoms with van der Waals surface area (Å²) in [7, 11) is -2.04. The zero-order valence-corrected chi connectivity index (χ0v) is 25.1. The highest BCUT2D eigenvalue weighted by Gasteiger charge is 2.38. The Bertz CT molecular complexity index is 1470. The third-order valence-corrected chi connectivity index (χ3v) is 9.65. The molecule has 0 bridgehead atoms. The Balaban J connectivity index is 1.94. The van der Waals surface area contributed by atoms with Gasteiger partial charge in [0.15, 0.2) is 0 Å². The minimum atomic E-state index is -3.99. The number of likely N-dealkylation sites (N-methyl/N-ethyl adjacent to an activating group) is 1. The second-order valence-corrected chi connectivity index (χ2v) is 13.1. The van der Waals surface area contributed by atoms with Gasteiger partial charge in [0.2, 0.25) is 10.0 Å². The molecule has 1 saturated heterocycles. The van der Waals surface area contributed by atoms with E-state index in [1.165, 1.54) is 16.4 Å². The van der Waals surface area contributed by atoms with E-state index in [0.717, 1.165) is 0 Å². The molecule has 2 aromatic carbocycles. The van der Waals surface area contributed by atoms with Gasteiger partial charge in [-0.15, -0.1) is 0 Å². The number of carboxylic acids is 1. The fourth-order valence-electron chi connectivity index (χ4n) is 5.60. The van der Waals surface area contributed by atoms with Gasteiger partial charge >= 0.3 is 0 Å². The summed E-state index contributed by atoms with van der Waals surface area (Å²) in [5.41, 5.74) is 2.96. The van der Waals surface area contributed by atoms with Crippen LogP contribution < -0.4 is 5.11 Å². The van der Waals surface area contributed by atoms with Crippen LogP contribution in [0.4, 0.5) is 4.39 Å². The minimum Gasteiger partial charge on any atom is -0.550 e. The Labute approximate surface area is 246 Å². The first kappa shape index (κ1) is 31.8. The van der Waals surface area contributed by atoms with E-state index in [1.54, 1.807) is 12.1 Å². The Morgan fingerprint density at radius 3 is 2.14 bits per heavy atom. The molecule has 0 spiro atoms. The number of aliphatic hydroxyl groups is 2. The van der Waals surface area contributed by atoms with E-state index >= 15 is 0 Å². The standard InChI is InChI=1S/C31H40FN3O6S/c1-21(2)29-31(42(40,41)34-17-15-33(3)16-18-34)28(22-7-5-4-6-8-22)30(23-9-11-24(32)12-10-23)35(29)14-13-25(36)19-26(37)20-27(38)39/h4-12,21,25-26,36-37H,13-20H2,1-3H3,(H,38,39)/p-1/t25-,26-/m1/s1. The number of carbonyl (C=O) groups excluding carboxylic acids is 1. The van der Waals surface area contributed by atoms with Crippen molar-refractivity contribution in [1.29, 1.82) is 0 Å². The topological polar surface area (TPSA) is 126 Å². The molecule has 0 amide bonds. The number of aliphatic carboxylic acids is 1. The van der Waals surface area contributed by atoms with Gasteiger partial charge in [-0.1, -0.05) is 44.2 Å². The smallest absolute Gasteiger partial charge is 0.245 e. The first-order valence-electron chi connectivity index (χ1n) is 14.2. The van der Waals surface area contributed by atoms with Crippen LogP contribution in [0.3, 0.4) is 0 Å². The normalized spacial score (nSPS) is 16.5. The Morgan fingerprint density at radius 1 is 0.952 bits per heavy atom. The van der Waals surface area contributed by atoms with Crippen molar-refractivity contribution in [2.75, 3.05) is 33.2 Å². The van der Waals surface area contributed by atoms with Gasteiger partial charge in [0, 0.05) is 56.4 Å². The minimum absolute atomic E-state index is 0.120. The zero-order valence-electron chi connectivity index (χ0n) is 24.2. The van der Waals surface area contributed by atoms with Crippen molar-refractivity contribution >= 4 is 16.0 Å². The summed E-state index contributed by atoms with van der Waals surface area (Å²) in [4.78, 5) is 13.2. The van der Waals surface area contributed by atoms with Gasteiger partial charge in [-0.25, -0.2) is 12.8 Å². The van der Waals surface area contributed by atoms with Crippen LogP contribution in [0.15, 0.2) is 59.5 Å². The number of halogens is 1. The molecule has 11 heteroatoms. The predicted octanol–water partition coefficient (Wildman–Crippen LogP) is 2.66. The molecule has 0 aliphatic carbocycles. The molecule has 2 N–H and O–H groups in total. The maximum atomic E-state index is 14.5. The van der Waals surface area contributed by atoms with E-state index in [1.807, 2.05) is 55.8 Å². The number of hydrogen-bond donors (Lipinski definition) is 2. The summed E-state index contributed by atoms with van der Waals surface area (Å²) in [5, 5.41) is 31.7. The number of carboxylic acid groups (broad SMARTS) is 1. The van der Waals surface area contributed by atoms with Crippen LogP contribution in [-0.4, -0.2) is 83.8 Å². The summed E-state index contributed by atoms with van der Waals surface area (Å²) in [5.74, 6) is -2.09. The second kappa shape index (κ2) is 13.5. The number of sulfonamides is 1. The molecule has 2 heterocycles. The van der Waals surface area contributed by atoms with Crippen LogP contribution in [0.25, 0.3) is 22.4 Å². The first-order valence-corrected chi connectivity index (χ1v) is 15.7. The number of aromatic nitrogens is 1. The van der Waals surface area contributed by atoms with Crippen molar-refractivity contribution < 1.29 is 32.9 Å². The van der Waals surface area contributed by atoms with Gasteiger partial charge in [-0.3, -0.25) is 0 Å². The lowest BCUT2D eigenvalue weighted by atomic mass is 10.0. The van der Waals surface area contributed by atoms with Gasteiger partial charge in [0.05, 0.1) is 17.9 Å². The van der Waals surface area contributed by atoms with Gasteiger partial charge in [0.1, 0.15) is 10.7 Å². The molecule has 228 valence electrons. The average molecular weight is 601 g/mol. The zero-order chi connectivity index (χ0) is 30.6. The molecular weight excluding hydrogens is 561 g/mol. The highest BCUT2D eigenvalue weighted by atomic mass is 32.2. The van der Waals surface area contributed by atoms with Crippen molar-refractivity contribution in [3.05, 3.63) is 66.1 Å². The number of rotatable bonds is 12. The molecule has 2 atom stereocenters. The highest BCUT2D eigenvalue weighted by Crippen LogP contribution is 2.45. The summed E-state index contributed by atoms with van der Waals surface area (Å²) in [6.07, 6.45) is -2.97. The largest absolute Gasteiger partial charge is 0.550 e. The average Bonchev–Trinajstić information content (AvgIpc) is 3.29. The van der Waals surface area contributed by atoms with Crippen LogP contribution in [0.2, 0.25) is 0 Å². The fourth-order valence-corrected chi connectivity index (χ4v) is 7.59. The monoisotopic (exact) mass is 600 g/mol. The van der Waals surface area contributed by atoms with Crippen LogP contribution >= 0.6 is 0 Å². The summed E-state index contributed by atoms with van der Waals surface area (Å²) >= 11 is 0. The van der Waals surface area contributed by atoms with E-state index < -0.39 is 40.4 Å². The number of carbonyl (C=O) groups is 1. The molecule has 3 aromatic rings. The summed E-state index contributed by atoms with van der Waals surface area (Å²) in [6.45, 7) is 5.90. The number of nitrogens with zero attached hydrogens (tertiary/aromatic N) is 3. The van der Waals surface area contributed by atoms with Crippen LogP contribution in [0.1, 0.15) is 44.7 Å². The highest BCUT2D eigenvalue weighted by molar-refractivity contribution is 7.89. The van der Waals surface area contributed by atoms with E-state index in [0.29, 0.717) is 54.3 Å².